The minimum absolute atomic E-state index is 0.0408. The van der Waals surface area contributed by atoms with Crippen molar-refractivity contribution in [3.8, 4) is 0 Å². The zero-order valence-corrected chi connectivity index (χ0v) is 12.3. The fourth-order valence-electron chi connectivity index (χ4n) is 3.04. The Kier molecular flexibility index (Phi) is 5.32. The summed E-state index contributed by atoms with van der Waals surface area (Å²) < 4.78 is 10.9. The van der Waals surface area contributed by atoms with Crippen molar-refractivity contribution in [2.75, 3.05) is 6.61 Å². The van der Waals surface area contributed by atoms with E-state index >= 15 is 0 Å². The molecule has 0 aromatic heterocycles. The summed E-state index contributed by atoms with van der Waals surface area (Å²) >= 11 is 0. The van der Waals surface area contributed by atoms with Crippen LogP contribution in [0.3, 0.4) is 0 Å². The number of carbonyl (C=O) groups excluding carboxylic acids is 2. The summed E-state index contributed by atoms with van der Waals surface area (Å²) in [5.74, 6) is -0.236. The third-order valence-corrected chi connectivity index (χ3v) is 4.14. The maximum atomic E-state index is 11.9. The Morgan fingerprint density at radius 1 is 1.24 bits per heavy atom. The number of ether oxygens (including phenoxy) is 2. The van der Waals surface area contributed by atoms with Gasteiger partial charge in [0.05, 0.1) is 24.9 Å². The number of aliphatic hydroxyl groups excluding tert-OH is 2. The van der Waals surface area contributed by atoms with Crippen LogP contribution in [0.4, 0.5) is 0 Å². The molecule has 6 atom stereocenters. The smallest absolute Gasteiger partial charge is 0.220 e. The summed E-state index contributed by atoms with van der Waals surface area (Å²) in [5.41, 5.74) is 0. The average molecular weight is 301 g/mol. The number of hydrogen-bond acceptors (Lipinski definition) is 6. The van der Waals surface area contributed by atoms with Gasteiger partial charge in [-0.15, -0.1) is 0 Å². The molecule has 0 spiro atoms. The Morgan fingerprint density at radius 2 is 1.95 bits per heavy atom. The Bertz CT molecular complexity index is 401. The van der Waals surface area contributed by atoms with E-state index in [9.17, 15) is 19.8 Å². The number of aliphatic hydroxyl groups is 2. The number of rotatable bonds is 6. The first-order chi connectivity index (χ1) is 9.93. The molecule has 2 rings (SSSR count). The van der Waals surface area contributed by atoms with E-state index in [1.807, 2.05) is 6.92 Å². The number of nitrogens with one attached hydrogen (secondary N) is 1. The molecule has 7 nitrogen and oxygen atoms in total. The van der Waals surface area contributed by atoms with Gasteiger partial charge in [0.15, 0.2) is 6.29 Å². The Hall–Kier alpha value is -1.02. The van der Waals surface area contributed by atoms with Crippen LogP contribution in [0.25, 0.3) is 0 Å². The van der Waals surface area contributed by atoms with Crippen LogP contribution in [0.5, 0.6) is 0 Å². The van der Waals surface area contributed by atoms with Gasteiger partial charge in [-0.1, -0.05) is 0 Å². The minimum atomic E-state index is -1.20. The monoisotopic (exact) mass is 301 g/mol. The minimum Gasteiger partial charge on any atom is -0.394 e. The molecule has 2 aliphatic rings. The van der Waals surface area contributed by atoms with Crippen LogP contribution in [0, 0.1) is 5.92 Å². The van der Waals surface area contributed by atoms with E-state index in [1.54, 1.807) is 0 Å². The SMILES string of the molecule is CC(=O)CCCC(=O)NC1C(O)OC(CO)C2C(C)OC12. The summed E-state index contributed by atoms with van der Waals surface area (Å²) in [6, 6.07) is -0.640. The van der Waals surface area contributed by atoms with E-state index in [0.29, 0.717) is 12.8 Å². The molecule has 7 heteroatoms. The third-order valence-electron chi connectivity index (χ3n) is 4.14. The molecule has 0 aromatic carbocycles. The number of amides is 1. The first-order valence-corrected chi connectivity index (χ1v) is 7.32. The van der Waals surface area contributed by atoms with Crippen LogP contribution in [0.1, 0.15) is 33.1 Å². The van der Waals surface area contributed by atoms with Crippen molar-refractivity contribution in [1.82, 2.24) is 5.32 Å². The fourth-order valence-corrected chi connectivity index (χ4v) is 3.04. The second-order valence-electron chi connectivity index (χ2n) is 5.78. The normalized spacial score (nSPS) is 38.3. The summed E-state index contributed by atoms with van der Waals surface area (Å²) in [6.45, 7) is 3.17. The Balaban J connectivity index is 1.87. The van der Waals surface area contributed by atoms with Gasteiger partial charge in [0, 0.05) is 18.8 Å². The molecule has 0 radical (unpaired) electrons. The highest BCUT2D eigenvalue weighted by atomic mass is 16.6. The van der Waals surface area contributed by atoms with Crippen molar-refractivity contribution < 1.29 is 29.3 Å². The van der Waals surface area contributed by atoms with Gasteiger partial charge < -0.3 is 29.8 Å². The zero-order valence-electron chi connectivity index (χ0n) is 12.3. The van der Waals surface area contributed by atoms with Crippen molar-refractivity contribution in [1.29, 1.82) is 0 Å². The second kappa shape index (κ2) is 6.83. The predicted molar refractivity (Wildman–Crippen MR) is 72.3 cm³/mol. The van der Waals surface area contributed by atoms with Gasteiger partial charge in [0.1, 0.15) is 11.8 Å². The van der Waals surface area contributed by atoms with Crippen molar-refractivity contribution in [3.63, 3.8) is 0 Å². The molecule has 2 saturated heterocycles. The quantitative estimate of drug-likeness (QED) is 0.602. The van der Waals surface area contributed by atoms with E-state index in [0.717, 1.165) is 0 Å². The number of carbonyl (C=O) groups is 2. The van der Waals surface area contributed by atoms with Crippen LogP contribution in [-0.2, 0) is 19.1 Å². The van der Waals surface area contributed by atoms with Crippen molar-refractivity contribution >= 4 is 11.7 Å². The maximum Gasteiger partial charge on any atom is 0.220 e. The molecular weight excluding hydrogens is 278 g/mol. The van der Waals surface area contributed by atoms with Crippen LogP contribution < -0.4 is 5.32 Å². The third kappa shape index (κ3) is 3.60. The summed E-state index contributed by atoms with van der Waals surface area (Å²) in [4.78, 5) is 22.7. The molecule has 0 bridgehead atoms. The molecule has 1 amide bonds. The van der Waals surface area contributed by atoms with Crippen molar-refractivity contribution in [3.05, 3.63) is 0 Å². The number of Topliss-reactive ketones (excluding diaryl/α,β-unsaturated/α-hetero) is 1. The predicted octanol–water partition coefficient (Wildman–Crippen LogP) is -0.656. The van der Waals surface area contributed by atoms with Gasteiger partial charge >= 0.3 is 0 Å². The van der Waals surface area contributed by atoms with E-state index in [1.165, 1.54) is 6.92 Å². The molecule has 120 valence electrons. The molecule has 0 saturated carbocycles. The van der Waals surface area contributed by atoms with Gasteiger partial charge in [0.2, 0.25) is 5.91 Å². The van der Waals surface area contributed by atoms with Gasteiger partial charge in [-0.05, 0) is 20.3 Å². The van der Waals surface area contributed by atoms with Gasteiger partial charge in [-0.2, -0.15) is 0 Å². The van der Waals surface area contributed by atoms with E-state index in [2.05, 4.69) is 5.32 Å². The van der Waals surface area contributed by atoms with E-state index in [-0.39, 0.29) is 42.8 Å². The number of fused-ring (bicyclic) bond motifs is 1. The molecule has 3 N–H and O–H groups in total. The molecule has 6 unspecified atom stereocenters. The molecule has 2 aliphatic heterocycles. The lowest BCUT2D eigenvalue weighted by Crippen LogP contribution is -2.70. The first kappa shape index (κ1) is 16.4. The summed E-state index contributed by atoms with van der Waals surface area (Å²) in [5, 5.41) is 21.9. The largest absolute Gasteiger partial charge is 0.394 e. The molecular formula is C14H23NO6. The van der Waals surface area contributed by atoms with Crippen molar-refractivity contribution in [2.24, 2.45) is 5.92 Å². The highest BCUT2D eigenvalue weighted by Crippen LogP contribution is 2.39. The van der Waals surface area contributed by atoms with Crippen LogP contribution in [-0.4, -0.2) is 59.2 Å². The highest BCUT2D eigenvalue weighted by Gasteiger charge is 2.55. The average Bonchev–Trinajstić information content (AvgIpc) is 2.40. The van der Waals surface area contributed by atoms with Crippen LogP contribution in [0.15, 0.2) is 0 Å². The Labute approximate surface area is 123 Å². The molecule has 0 aromatic rings. The lowest BCUT2D eigenvalue weighted by atomic mass is 9.79. The number of hydrogen-bond donors (Lipinski definition) is 3. The zero-order chi connectivity index (χ0) is 15.6. The summed E-state index contributed by atoms with van der Waals surface area (Å²) in [6.07, 6.45) is -1.03. The van der Waals surface area contributed by atoms with Crippen molar-refractivity contribution in [2.45, 2.75) is 63.8 Å². The van der Waals surface area contributed by atoms with Gasteiger partial charge in [-0.3, -0.25) is 4.79 Å². The standard InChI is InChI=1S/C14H23NO6/c1-7(17)4-3-5-10(18)15-12-13-11(8(2)20-13)9(6-16)21-14(12)19/h8-9,11-14,16,19H,3-6H2,1-2H3,(H,15,18). The van der Waals surface area contributed by atoms with Crippen LogP contribution >= 0.6 is 0 Å². The first-order valence-electron chi connectivity index (χ1n) is 7.32. The molecule has 0 aliphatic carbocycles. The van der Waals surface area contributed by atoms with Crippen LogP contribution in [0.2, 0.25) is 0 Å². The highest BCUT2D eigenvalue weighted by molar-refractivity contribution is 5.78. The molecule has 2 fully saturated rings. The summed E-state index contributed by atoms with van der Waals surface area (Å²) in [7, 11) is 0. The van der Waals surface area contributed by atoms with Gasteiger partial charge in [0.25, 0.3) is 0 Å². The lowest BCUT2D eigenvalue weighted by molar-refractivity contribution is -0.320. The maximum absolute atomic E-state index is 11.9. The van der Waals surface area contributed by atoms with E-state index in [4.69, 9.17) is 9.47 Å². The second-order valence-corrected chi connectivity index (χ2v) is 5.78. The lowest BCUT2D eigenvalue weighted by Gasteiger charge is -2.54. The molecule has 2 heterocycles. The Morgan fingerprint density at radius 3 is 2.52 bits per heavy atom. The van der Waals surface area contributed by atoms with E-state index < -0.39 is 18.4 Å². The topological polar surface area (TPSA) is 105 Å². The fraction of sp³-hybridized carbons (Fsp3) is 0.857. The van der Waals surface area contributed by atoms with Gasteiger partial charge in [-0.25, -0.2) is 0 Å². The number of ketones is 1. The molecule has 21 heavy (non-hydrogen) atoms.